The van der Waals surface area contributed by atoms with Crippen LogP contribution in [0.3, 0.4) is 0 Å². The van der Waals surface area contributed by atoms with E-state index in [1.54, 1.807) is 36.5 Å². The Bertz CT molecular complexity index is 1040. The Hall–Kier alpha value is -3.06. The van der Waals surface area contributed by atoms with Crippen molar-refractivity contribution in [2.24, 2.45) is 0 Å². The van der Waals surface area contributed by atoms with Gasteiger partial charge in [0, 0.05) is 11.6 Å². The number of hydrogen-bond acceptors (Lipinski definition) is 4. The van der Waals surface area contributed by atoms with Crippen LogP contribution in [0.2, 0.25) is 5.02 Å². The molecule has 0 aliphatic carbocycles. The maximum atomic E-state index is 13.3. The molecule has 2 aromatic carbocycles. The van der Waals surface area contributed by atoms with Crippen LogP contribution in [0.4, 0.5) is 14.5 Å². The average Bonchev–Trinajstić information content (AvgIpc) is 2.64. The number of amides is 1. The second-order valence-corrected chi connectivity index (χ2v) is 6.07. The van der Waals surface area contributed by atoms with E-state index in [-0.39, 0.29) is 10.6 Å². The number of fused-ring (bicyclic) bond motifs is 1. The topological polar surface area (TPSA) is 68.3 Å². The van der Waals surface area contributed by atoms with E-state index in [0.717, 1.165) is 5.39 Å². The molecule has 5 nitrogen and oxygen atoms in total. The van der Waals surface area contributed by atoms with Gasteiger partial charge in [0.05, 0.1) is 21.8 Å². The lowest BCUT2D eigenvalue weighted by Gasteiger charge is -2.15. The number of nitrogens with one attached hydrogen (secondary N) is 1. The van der Waals surface area contributed by atoms with Gasteiger partial charge >= 0.3 is 5.97 Å². The molecule has 0 aliphatic heterocycles. The Morgan fingerprint density at radius 3 is 2.67 bits per heavy atom. The fraction of sp³-hybridized carbons (Fsp3) is 0.105. The van der Waals surface area contributed by atoms with Gasteiger partial charge < -0.3 is 10.1 Å². The highest BCUT2D eigenvalue weighted by Crippen LogP contribution is 2.23. The first kappa shape index (κ1) is 18.7. The van der Waals surface area contributed by atoms with Crippen molar-refractivity contribution in [1.82, 2.24) is 4.98 Å². The number of pyridine rings is 1. The number of esters is 1. The average molecular weight is 391 g/mol. The van der Waals surface area contributed by atoms with Crippen molar-refractivity contribution >= 4 is 40.1 Å². The molecule has 1 atom stereocenters. The standard InChI is InChI=1S/C19H13ClF2N2O3/c1-10(27-19(26)12-8-14(21)15(22)9-13(12)20)18(25)24-17-6-2-5-16-11(17)4-3-7-23-16/h2-10H,1H3,(H,24,25). The molecule has 0 aliphatic rings. The zero-order valence-electron chi connectivity index (χ0n) is 14.0. The summed E-state index contributed by atoms with van der Waals surface area (Å²) in [6.45, 7) is 1.35. The van der Waals surface area contributed by atoms with Crippen molar-refractivity contribution in [3.63, 3.8) is 0 Å². The molecule has 0 spiro atoms. The second kappa shape index (κ2) is 7.67. The molecule has 138 valence electrons. The molecule has 3 rings (SSSR count). The lowest BCUT2D eigenvalue weighted by Crippen LogP contribution is -2.30. The number of halogens is 3. The van der Waals surface area contributed by atoms with Gasteiger partial charge in [-0.2, -0.15) is 0 Å². The van der Waals surface area contributed by atoms with Gasteiger partial charge in [0.1, 0.15) is 0 Å². The maximum absolute atomic E-state index is 13.3. The van der Waals surface area contributed by atoms with Gasteiger partial charge in [-0.15, -0.1) is 0 Å². The first-order chi connectivity index (χ1) is 12.9. The summed E-state index contributed by atoms with van der Waals surface area (Å²) < 4.78 is 31.4. The minimum absolute atomic E-state index is 0.313. The smallest absolute Gasteiger partial charge is 0.340 e. The third-order valence-electron chi connectivity index (χ3n) is 3.79. The van der Waals surface area contributed by atoms with E-state index < -0.39 is 29.6 Å². The number of aromatic nitrogens is 1. The normalized spacial score (nSPS) is 11.9. The Labute approximate surface area is 157 Å². The molecule has 8 heteroatoms. The monoisotopic (exact) mass is 390 g/mol. The summed E-state index contributed by atoms with van der Waals surface area (Å²) in [5, 5.41) is 3.06. The number of carbonyl (C=O) groups is 2. The Kier molecular flexibility index (Phi) is 5.32. The molecule has 3 aromatic rings. The van der Waals surface area contributed by atoms with Gasteiger partial charge in [-0.25, -0.2) is 13.6 Å². The first-order valence-corrected chi connectivity index (χ1v) is 8.24. The number of ether oxygens (including phenoxy) is 1. The number of hydrogen-bond donors (Lipinski definition) is 1. The largest absolute Gasteiger partial charge is 0.449 e. The van der Waals surface area contributed by atoms with Gasteiger partial charge in [-0.05, 0) is 43.3 Å². The van der Waals surface area contributed by atoms with Crippen LogP contribution in [0.25, 0.3) is 10.9 Å². The number of nitrogens with zero attached hydrogens (tertiary/aromatic N) is 1. The van der Waals surface area contributed by atoms with Crippen LogP contribution < -0.4 is 5.32 Å². The van der Waals surface area contributed by atoms with Crippen molar-refractivity contribution in [2.75, 3.05) is 5.32 Å². The van der Waals surface area contributed by atoms with E-state index in [0.29, 0.717) is 23.3 Å². The summed E-state index contributed by atoms with van der Waals surface area (Å²) in [6, 6.07) is 10.0. The lowest BCUT2D eigenvalue weighted by atomic mass is 10.1. The summed E-state index contributed by atoms with van der Waals surface area (Å²) in [4.78, 5) is 28.7. The maximum Gasteiger partial charge on any atom is 0.340 e. The predicted octanol–water partition coefficient (Wildman–Crippen LogP) is 4.35. The zero-order chi connectivity index (χ0) is 19.6. The van der Waals surface area contributed by atoms with Gasteiger partial charge in [0.25, 0.3) is 5.91 Å². The second-order valence-electron chi connectivity index (χ2n) is 5.66. The molecule has 27 heavy (non-hydrogen) atoms. The minimum Gasteiger partial charge on any atom is -0.449 e. The lowest BCUT2D eigenvalue weighted by molar-refractivity contribution is -0.123. The summed E-state index contributed by atoms with van der Waals surface area (Å²) in [6.07, 6.45) is 0.429. The van der Waals surface area contributed by atoms with Crippen molar-refractivity contribution in [2.45, 2.75) is 13.0 Å². The summed E-state index contributed by atoms with van der Waals surface area (Å²) in [5.74, 6) is -4.07. The molecule has 1 unspecified atom stereocenters. The molecular weight excluding hydrogens is 378 g/mol. The van der Waals surface area contributed by atoms with Crippen LogP contribution in [0.15, 0.2) is 48.7 Å². The van der Waals surface area contributed by atoms with Crippen molar-refractivity contribution in [1.29, 1.82) is 0 Å². The van der Waals surface area contributed by atoms with Crippen LogP contribution in [-0.4, -0.2) is 23.0 Å². The van der Waals surface area contributed by atoms with E-state index in [2.05, 4.69) is 10.3 Å². The van der Waals surface area contributed by atoms with Crippen LogP contribution in [0.5, 0.6) is 0 Å². The van der Waals surface area contributed by atoms with Crippen LogP contribution in [-0.2, 0) is 9.53 Å². The van der Waals surface area contributed by atoms with Gasteiger partial charge in [0.2, 0.25) is 0 Å². The molecule has 0 radical (unpaired) electrons. The third kappa shape index (κ3) is 4.03. The Morgan fingerprint density at radius 1 is 1.15 bits per heavy atom. The quantitative estimate of drug-likeness (QED) is 0.531. The van der Waals surface area contributed by atoms with Crippen molar-refractivity contribution in [3.05, 3.63) is 70.9 Å². The highest BCUT2D eigenvalue weighted by molar-refractivity contribution is 6.33. The molecule has 1 heterocycles. The molecule has 0 saturated heterocycles. The molecule has 1 aromatic heterocycles. The van der Waals surface area contributed by atoms with Crippen molar-refractivity contribution < 1.29 is 23.1 Å². The molecule has 1 amide bonds. The van der Waals surface area contributed by atoms with Crippen molar-refractivity contribution in [3.8, 4) is 0 Å². The van der Waals surface area contributed by atoms with E-state index >= 15 is 0 Å². The molecule has 0 fully saturated rings. The van der Waals surface area contributed by atoms with Gasteiger partial charge in [-0.1, -0.05) is 17.7 Å². The number of rotatable bonds is 4. The number of carbonyl (C=O) groups excluding carboxylic acids is 2. The zero-order valence-corrected chi connectivity index (χ0v) is 14.8. The van der Waals surface area contributed by atoms with E-state index in [4.69, 9.17) is 16.3 Å². The molecule has 1 N–H and O–H groups in total. The third-order valence-corrected chi connectivity index (χ3v) is 4.10. The van der Waals surface area contributed by atoms with E-state index in [1.807, 2.05) is 0 Å². The Morgan fingerprint density at radius 2 is 1.89 bits per heavy atom. The highest BCUT2D eigenvalue weighted by atomic mass is 35.5. The fourth-order valence-electron chi connectivity index (χ4n) is 2.40. The number of benzene rings is 2. The first-order valence-electron chi connectivity index (χ1n) is 7.87. The SMILES string of the molecule is CC(OC(=O)c1cc(F)c(F)cc1Cl)C(=O)Nc1cccc2ncccc12. The van der Waals surface area contributed by atoms with Crippen LogP contribution >= 0.6 is 11.6 Å². The summed E-state index contributed by atoms with van der Waals surface area (Å²) in [5.41, 5.74) is 0.817. The predicted molar refractivity (Wildman–Crippen MR) is 96.6 cm³/mol. The molecule has 0 bridgehead atoms. The highest BCUT2D eigenvalue weighted by Gasteiger charge is 2.22. The van der Waals surface area contributed by atoms with E-state index in [1.165, 1.54) is 6.92 Å². The fourth-order valence-corrected chi connectivity index (χ4v) is 2.63. The minimum atomic E-state index is -1.24. The van der Waals surface area contributed by atoms with Crippen LogP contribution in [0.1, 0.15) is 17.3 Å². The Balaban J connectivity index is 1.74. The number of anilines is 1. The van der Waals surface area contributed by atoms with Crippen LogP contribution in [0, 0.1) is 11.6 Å². The molecule has 0 saturated carbocycles. The van der Waals surface area contributed by atoms with Gasteiger partial charge in [0.15, 0.2) is 17.7 Å². The van der Waals surface area contributed by atoms with E-state index in [9.17, 15) is 18.4 Å². The van der Waals surface area contributed by atoms with Gasteiger partial charge in [-0.3, -0.25) is 9.78 Å². The summed E-state index contributed by atoms with van der Waals surface area (Å²) >= 11 is 5.74. The molecular formula is C19H13ClF2N2O3. The summed E-state index contributed by atoms with van der Waals surface area (Å²) in [7, 11) is 0.